The normalized spacial score (nSPS) is 28.5. The van der Waals surface area contributed by atoms with Gasteiger partial charge in [0.2, 0.25) is 0 Å². The molecular weight excluding hydrogens is 267 g/mol. The first-order valence-corrected chi connectivity index (χ1v) is 7.35. The molecule has 2 aliphatic rings. The van der Waals surface area contributed by atoms with Crippen molar-refractivity contribution in [3.8, 4) is 0 Å². The van der Waals surface area contributed by atoms with Crippen LogP contribution in [0.2, 0.25) is 10.0 Å². The smallest absolute Gasteiger partial charge is 0.0441 e. The van der Waals surface area contributed by atoms with Crippen LogP contribution in [0.4, 0.5) is 5.69 Å². The minimum atomic E-state index is 0.481. The molecule has 18 heavy (non-hydrogen) atoms. The maximum Gasteiger partial charge on any atom is 0.0441 e. The first-order valence-electron chi connectivity index (χ1n) is 6.59. The first-order chi connectivity index (χ1) is 8.63. The molecule has 0 bridgehead atoms. The van der Waals surface area contributed by atoms with E-state index in [1.54, 1.807) is 6.07 Å². The first kappa shape index (κ1) is 12.6. The van der Waals surface area contributed by atoms with Crippen molar-refractivity contribution in [1.29, 1.82) is 0 Å². The number of rotatable bonds is 2. The molecule has 0 radical (unpaired) electrons. The number of halogens is 2. The Morgan fingerprint density at radius 1 is 1.17 bits per heavy atom. The molecule has 2 fully saturated rings. The van der Waals surface area contributed by atoms with Crippen LogP contribution in [0.1, 0.15) is 19.8 Å². The summed E-state index contributed by atoms with van der Waals surface area (Å²) in [5, 5.41) is 5.08. The van der Waals surface area contributed by atoms with Crippen molar-refractivity contribution >= 4 is 28.9 Å². The Balaban J connectivity index is 1.83. The summed E-state index contributed by atoms with van der Waals surface area (Å²) in [6, 6.07) is 6.92. The topological polar surface area (TPSA) is 15.3 Å². The monoisotopic (exact) mass is 284 g/mol. The highest BCUT2D eigenvalue weighted by atomic mass is 35.5. The van der Waals surface area contributed by atoms with E-state index in [1.807, 2.05) is 12.1 Å². The molecule has 1 saturated heterocycles. The second kappa shape index (κ2) is 4.92. The second-order valence-electron chi connectivity index (χ2n) is 5.48. The molecule has 0 spiro atoms. The van der Waals surface area contributed by atoms with Gasteiger partial charge < -0.3 is 10.2 Å². The summed E-state index contributed by atoms with van der Waals surface area (Å²) in [7, 11) is 0. The lowest BCUT2D eigenvalue weighted by Gasteiger charge is -2.40. The quantitative estimate of drug-likeness (QED) is 0.893. The van der Waals surface area contributed by atoms with E-state index < -0.39 is 0 Å². The zero-order chi connectivity index (χ0) is 12.7. The fourth-order valence-electron chi connectivity index (χ4n) is 2.77. The molecule has 1 aromatic carbocycles. The summed E-state index contributed by atoms with van der Waals surface area (Å²) in [4.78, 5) is 2.43. The molecular formula is C14H18Cl2N2. The van der Waals surface area contributed by atoms with Gasteiger partial charge in [-0.15, -0.1) is 0 Å². The van der Waals surface area contributed by atoms with E-state index in [0.29, 0.717) is 22.1 Å². The summed E-state index contributed by atoms with van der Waals surface area (Å²) in [6.45, 7) is 4.33. The minimum absolute atomic E-state index is 0.481. The number of anilines is 1. The van der Waals surface area contributed by atoms with Crippen LogP contribution in [0.25, 0.3) is 0 Å². The van der Waals surface area contributed by atoms with E-state index in [0.717, 1.165) is 24.7 Å². The highest BCUT2D eigenvalue weighted by Crippen LogP contribution is 2.36. The van der Waals surface area contributed by atoms with Crippen LogP contribution in [0.15, 0.2) is 18.2 Å². The molecule has 3 rings (SSSR count). The maximum absolute atomic E-state index is 6.10. The lowest BCUT2D eigenvalue weighted by atomic mass is 10.1. The summed E-state index contributed by atoms with van der Waals surface area (Å²) in [5.41, 5.74) is 1.15. The SMILES string of the molecule is CC1CNC(C2CC2)CN1c1cc(Cl)cc(Cl)c1. The molecule has 2 unspecified atom stereocenters. The molecule has 1 saturated carbocycles. The zero-order valence-corrected chi connectivity index (χ0v) is 12.0. The second-order valence-corrected chi connectivity index (χ2v) is 6.35. The molecule has 2 nitrogen and oxygen atoms in total. The predicted molar refractivity (Wildman–Crippen MR) is 77.8 cm³/mol. The molecule has 0 amide bonds. The summed E-state index contributed by atoms with van der Waals surface area (Å²) in [6.07, 6.45) is 2.74. The summed E-state index contributed by atoms with van der Waals surface area (Å²) >= 11 is 12.2. The van der Waals surface area contributed by atoms with Crippen molar-refractivity contribution in [3.05, 3.63) is 28.2 Å². The van der Waals surface area contributed by atoms with E-state index in [9.17, 15) is 0 Å². The van der Waals surface area contributed by atoms with Crippen LogP contribution in [-0.4, -0.2) is 25.2 Å². The highest BCUT2D eigenvalue weighted by molar-refractivity contribution is 6.35. The van der Waals surface area contributed by atoms with Crippen LogP contribution in [-0.2, 0) is 0 Å². The maximum atomic E-state index is 6.10. The third-order valence-electron chi connectivity index (χ3n) is 3.97. The molecule has 98 valence electrons. The molecule has 1 heterocycles. The molecule has 2 atom stereocenters. The lowest BCUT2D eigenvalue weighted by molar-refractivity contribution is 0.376. The Kier molecular flexibility index (Phi) is 3.44. The Morgan fingerprint density at radius 2 is 1.83 bits per heavy atom. The number of benzene rings is 1. The van der Waals surface area contributed by atoms with Gasteiger partial charge in [-0.3, -0.25) is 0 Å². The van der Waals surface area contributed by atoms with E-state index in [2.05, 4.69) is 17.1 Å². The van der Waals surface area contributed by atoms with Gasteiger partial charge in [-0.2, -0.15) is 0 Å². The van der Waals surface area contributed by atoms with Crippen LogP contribution < -0.4 is 10.2 Å². The lowest BCUT2D eigenvalue weighted by Crippen LogP contribution is -2.56. The number of nitrogens with one attached hydrogen (secondary N) is 1. The number of hydrogen-bond acceptors (Lipinski definition) is 2. The van der Waals surface area contributed by atoms with E-state index >= 15 is 0 Å². The molecule has 1 N–H and O–H groups in total. The molecule has 0 aromatic heterocycles. The van der Waals surface area contributed by atoms with E-state index in [4.69, 9.17) is 23.2 Å². The van der Waals surface area contributed by atoms with Crippen molar-refractivity contribution in [1.82, 2.24) is 5.32 Å². The van der Waals surface area contributed by atoms with Crippen molar-refractivity contribution in [2.24, 2.45) is 5.92 Å². The van der Waals surface area contributed by atoms with Crippen LogP contribution in [0.5, 0.6) is 0 Å². The molecule has 1 aliphatic heterocycles. The molecule has 4 heteroatoms. The standard InChI is InChI=1S/C14H18Cl2N2/c1-9-7-17-14(10-2-3-10)8-18(9)13-5-11(15)4-12(16)6-13/h4-6,9-10,14,17H,2-3,7-8H2,1H3. The molecule has 1 aromatic rings. The number of nitrogens with zero attached hydrogens (tertiary/aromatic N) is 1. The average molecular weight is 285 g/mol. The number of piperazine rings is 1. The largest absolute Gasteiger partial charge is 0.366 e. The van der Waals surface area contributed by atoms with Gasteiger partial charge >= 0.3 is 0 Å². The Hall–Kier alpha value is -0.440. The van der Waals surface area contributed by atoms with E-state index in [1.165, 1.54) is 12.8 Å². The third kappa shape index (κ3) is 2.61. The van der Waals surface area contributed by atoms with Crippen molar-refractivity contribution in [2.75, 3.05) is 18.0 Å². The van der Waals surface area contributed by atoms with Crippen molar-refractivity contribution in [2.45, 2.75) is 31.8 Å². The van der Waals surface area contributed by atoms with Crippen LogP contribution >= 0.6 is 23.2 Å². The van der Waals surface area contributed by atoms with Gasteiger partial charge in [-0.25, -0.2) is 0 Å². The Bertz CT molecular complexity index is 425. The zero-order valence-electron chi connectivity index (χ0n) is 10.5. The van der Waals surface area contributed by atoms with Crippen molar-refractivity contribution in [3.63, 3.8) is 0 Å². The molecule has 1 aliphatic carbocycles. The third-order valence-corrected chi connectivity index (χ3v) is 4.41. The van der Waals surface area contributed by atoms with Gasteiger partial charge in [0, 0.05) is 40.9 Å². The van der Waals surface area contributed by atoms with E-state index in [-0.39, 0.29) is 0 Å². The van der Waals surface area contributed by atoms with Gasteiger partial charge in [0.15, 0.2) is 0 Å². The van der Waals surface area contributed by atoms with Gasteiger partial charge in [-0.1, -0.05) is 23.2 Å². The average Bonchev–Trinajstić information content (AvgIpc) is 3.12. The highest BCUT2D eigenvalue weighted by Gasteiger charge is 2.36. The van der Waals surface area contributed by atoms with Crippen molar-refractivity contribution < 1.29 is 0 Å². The van der Waals surface area contributed by atoms with Gasteiger partial charge in [0.05, 0.1) is 0 Å². The summed E-state index contributed by atoms with van der Waals surface area (Å²) in [5.74, 6) is 0.870. The van der Waals surface area contributed by atoms with Gasteiger partial charge in [0.25, 0.3) is 0 Å². The minimum Gasteiger partial charge on any atom is -0.366 e. The van der Waals surface area contributed by atoms with Gasteiger partial charge in [-0.05, 0) is 43.9 Å². The fraction of sp³-hybridized carbons (Fsp3) is 0.571. The number of hydrogen-bond donors (Lipinski definition) is 1. The predicted octanol–water partition coefficient (Wildman–Crippen LogP) is 3.57. The van der Waals surface area contributed by atoms with Gasteiger partial charge in [0.1, 0.15) is 0 Å². The summed E-state index contributed by atoms with van der Waals surface area (Å²) < 4.78 is 0. The Morgan fingerprint density at radius 3 is 2.44 bits per heavy atom. The fourth-order valence-corrected chi connectivity index (χ4v) is 3.28. The Labute approximate surface area is 118 Å². The van der Waals surface area contributed by atoms with Crippen LogP contribution in [0.3, 0.4) is 0 Å². The van der Waals surface area contributed by atoms with Crippen LogP contribution in [0, 0.1) is 5.92 Å².